The van der Waals surface area contributed by atoms with Crippen molar-refractivity contribution in [2.45, 2.75) is 73.6 Å². The summed E-state index contributed by atoms with van der Waals surface area (Å²) in [6, 6.07) is 0. The Kier molecular flexibility index (Phi) is 35.2. The van der Waals surface area contributed by atoms with Crippen LogP contribution < -0.4 is 0 Å². The van der Waals surface area contributed by atoms with Crippen molar-refractivity contribution < 1.29 is 0 Å². The Bertz CT molecular complexity index is 27.0. The van der Waals surface area contributed by atoms with Crippen LogP contribution in [0.2, 0.25) is 0 Å². The highest BCUT2D eigenvalue weighted by Gasteiger charge is 1.80. The van der Waals surface area contributed by atoms with Gasteiger partial charge in [0.1, 0.15) is 0 Å². The fraction of sp³-hybridized carbons (Fsp3) is 1.00. The maximum atomic E-state index is 2.25. The highest BCUT2D eigenvalue weighted by Crippen LogP contribution is 2.00. The van der Waals surface area contributed by atoms with E-state index in [9.17, 15) is 0 Å². The number of hydrogen-bond acceptors (Lipinski definition) is 0. The van der Waals surface area contributed by atoms with Gasteiger partial charge in [0.2, 0.25) is 0 Å². The average Bonchev–Trinajstić information content (AvgIpc) is 1.91. The van der Waals surface area contributed by atoms with E-state index in [0.29, 0.717) is 0 Å². The topological polar surface area (TPSA) is 0 Å². The predicted octanol–water partition coefficient (Wildman–Crippen LogP) is 5.03. The molecule has 72 valence electrons. The van der Waals surface area contributed by atoms with Crippen molar-refractivity contribution in [3.63, 3.8) is 0 Å². The van der Waals surface area contributed by atoms with Crippen molar-refractivity contribution in [3.8, 4) is 0 Å². The lowest BCUT2D eigenvalue weighted by Gasteiger charge is -1.90. The Morgan fingerprint density at radius 1 is 0.636 bits per heavy atom. The first kappa shape index (κ1) is 17.2. The zero-order valence-corrected chi connectivity index (χ0v) is 8.24. The van der Waals surface area contributed by atoms with E-state index >= 15 is 0 Å². The zero-order valence-electron chi connectivity index (χ0n) is 8.24. The Balaban J connectivity index is -0.000000140. The summed E-state index contributed by atoms with van der Waals surface area (Å²) < 4.78 is 0. The summed E-state index contributed by atoms with van der Waals surface area (Å²) in [5.41, 5.74) is 0. The molecule has 0 unspecified atom stereocenters. The van der Waals surface area contributed by atoms with Crippen molar-refractivity contribution >= 4 is 0 Å². The van der Waals surface area contributed by atoms with Crippen LogP contribution in [0.15, 0.2) is 0 Å². The quantitative estimate of drug-likeness (QED) is 0.506. The molecule has 0 radical (unpaired) electrons. The van der Waals surface area contributed by atoms with Gasteiger partial charge in [0.15, 0.2) is 0 Å². The highest BCUT2D eigenvalue weighted by molar-refractivity contribution is 4.35. The van der Waals surface area contributed by atoms with E-state index in [1.165, 1.54) is 38.5 Å². The van der Waals surface area contributed by atoms with E-state index in [2.05, 4.69) is 27.7 Å². The number of hydrogen-bond donors (Lipinski definition) is 0. The van der Waals surface area contributed by atoms with Crippen LogP contribution in [0.4, 0.5) is 0 Å². The van der Waals surface area contributed by atoms with Crippen LogP contribution in [0.1, 0.15) is 73.6 Å². The zero-order chi connectivity index (χ0) is 8.24. The van der Waals surface area contributed by atoms with Gasteiger partial charge < -0.3 is 0 Å². The van der Waals surface area contributed by atoms with Crippen LogP contribution in [0.5, 0.6) is 0 Å². The summed E-state index contributed by atoms with van der Waals surface area (Å²) in [6.45, 7) is 8.74. The summed E-state index contributed by atoms with van der Waals surface area (Å²) in [5, 5.41) is 0. The molecule has 0 bridgehead atoms. The second-order valence-electron chi connectivity index (χ2n) is 2.77. The average molecular weight is 160 g/mol. The van der Waals surface area contributed by atoms with Crippen LogP contribution in [-0.2, 0) is 0 Å². The lowest BCUT2D eigenvalue weighted by molar-refractivity contribution is 0.656. The van der Waals surface area contributed by atoms with Crippen molar-refractivity contribution in [2.75, 3.05) is 0 Å². The normalized spacial score (nSPS) is 7.64. The minimum Gasteiger partial charge on any atom is -0.0776 e. The van der Waals surface area contributed by atoms with Gasteiger partial charge in [-0.25, -0.2) is 0 Å². The molecule has 0 aromatic carbocycles. The first-order valence-electron chi connectivity index (χ1n) is 4.83. The molecule has 0 aliphatic heterocycles. The molecule has 0 spiro atoms. The van der Waals surface area contributed by atoms with Crippen LogP contribution in [0, 0.1) is 0 Å². The van der Waals surface area contributed by atoms with Gasteiger partial charge in [0.25, 0.3) is 0 Å². The summed E-state index contributed by atoms with van der Waals surface area (Å²) in [5.74, 6) is 0. The van der Waals surface area contributed by atoms with Gasteiger partial charge in [0.05, 0.1) is 0 Å². The van der Waals surface area contributed by atoms with Gasteiger partial charge in [-0.2, -0.15) is 0 Å². The maximum Gasteiger partial charge on any atom is -0.0533 e. The maximum absolute atomic E-state index is 2.25. The SMILES string of the molecule is C.CCC.CCCCCCC. The largest absolute Gasteiger partial charge is 0.0776 e. The van der Waals surface area contributed by atoms with Crippen LogP contribution >= 0.6 is 0 Å². The molecule has 0 amide bonds. The Hall–Kier alpha value is 0. The third-order valence-electron chi connectivity index (χ3n) is 1.21. The van der Waals surface area contributed by atoms with E-state index in [4.69, 9.17) is 0 Å². The summed E-state index contributed by atoms with van der Waals surface area (Å²) in [4.78, 5) is 0. The Morgan fingerprint density at radius 3 is 1.09 bits per heavy atom. The van der Waals surface area contributed by atoms with Crippen molar-refractivity contribution in [2.24, 2.45) is 0 Å². The van der Waals surface area contributed by atoms with Crippen LogP contribution in [0.25, 0.3) is 0 Å². The van der Waals surface area contributed by atoms with Gasteiger partial charge >= 0.3 is 0 Å². The molecule has 0 heteroatoms. The fourth-order valence-corrected chi connectivity index (χ4v) is 0.677. The third-order valence-corrected chi connectivity index (χ3v) is 1.21. The molecule has 0 fully saturated rings. The van der Waals surface area contributed by atoms with Crippen molar-refractivity contribution in [3.05, 3.63) is 0 Å². The Morgan fingerprint density at radius 2 is 0.909 bits per heavy atom. The van der Waals surface area contributed by atoms with E-state index in [1.54, 1.807) is 0 Å². The monoisotopic (exact) mass is 160 g/mol. The molecule has 0 rings (SSSR count). The molecule has 11 heavy (non-hydrogen) atoms. The lowest BCUT2D eigenvalue weighted by atomic mass is 10.2. The molecule has 0 saturated heterocycles. The predicted molar refractivity (Wildman–Crippen MR) is 57.1 cm³/mol. The van der Waals surface area contributed by atoms with Gasteiger partial charge in [-0.15, -0.1) is 0 Å². The third kappa shape index (κ3) is 40.0. The first-order chi connectivity index (χ1) is 4.83. The first-order valence-corrected chi connectivity index (χ1v) is 4.83. The lowest BCUT2D eigenvalue weighted by Crippen LogP contribution is -1.70. The molecule has 0 heterocycles. The minimum atomic E-state index is 0. The number of unbranched alkanes of at least 4 members (excludes halogenated alkanes) is 4. The minimum absolute atomic E-state index is 0. The Labute approximate surface area is 74.4 Å². The molecule has 0 aromatic rings. The molecule has 0 atom stereocenters. The summed E-state index contributed by atoms with van der Waals surface area (Å²) in [6.07, 6.45) is 8.26. The molecule has 0 aromatic heterocycles. The second-order valence-corrected chi connectivity index (χ2v) is 2.77. The molecule has 0 saturated carbocycles. The molecule has 0 aliphatic carbocycles. The van der Waals surface area contributed by atoms with Crippen LogP contribution in [-0.4, -0.2) is 0 Å². The molecular formula is C11H28. The summed E-state index contributed by atoms with van der Waals surface area (Å²) in [7, 11) is 0. The van der Waals surface area contributed by atoms with Gasteiger partial charge in [-0.1, -0.05) is 73.6 Å². The van der Waals surface area contributed by atoms with E-state index in [1.807, 2.05) is 0 Å². The van der Waals surface area contributed by atoms with Crippen molar-refractivity contribution in [1.82, 2.24) is 0 Å². The van der Waals surface area contributed by atoms with Crippen molar-refractivity contribution in [1.29, 1.82) is 0 Å². The van der Waals surface area contributed by atoms with E-state index < -0.39 is 0 Å². The van der Waals surface area contributed by atoms with Gasteiger partial charge in [0, 0.05) is 0 Å². The molecular weight excluding hydrogens is 132 g/mol. The van der Waals surface area contributed by atoms with Gasteiger partial charge in [-0.05, 0) is 0 Å². The highest BCUT2D eigenvalue weighted by atomic mass is 13.9. The molecule has 0 aliphatic rings. The standard InChI is InChI=1S/C7H16.C3H8.CH4/c1-3-5-7-6-4-2;1-3-2;/h3-7H2,1-2H3;3H2,1-2H3;1H4. The summed E-state index contributed by atoms with van der Waals surface area (Å²) >= 11 is 0. The smallest absolute Gasteiger partial charge is 0.0533 e. The molecule has 0 nitrogen and oxygen atoms in total. The van der Waals surface area contributed by atoms with E-state index in [0.717, 1.165) is 0 Å². The second kappa shape index (κ2) is 22.5. The number of rotatable bonds is 4. The van der Waals surface area contributed by atoms with Crippen LogP contribution in [0.3, 0.4) is 0 Å². The van der Waals surface area contributed by atoms with Gasteiger partial charge in [-0.3, -0.25) is 0 Å². The fourth-order valence-electron chi connectivity index (χ4n) is 0.677. The molecule has 0 N–H and O–H groups in total. The van der Waals surface area contributed by atoms with E-state index in [-0.39, 0.29) is 7.43 Å².